The molecule has 2 unspecified atom stereocenters. The molecule has 0 spiro atoms. The second kappa shape index (κ2) is 6.18. The van der Waals surface area contributed by atoms with Gasteiger partial charge in [-0.05, 0) is 19.8 Å². The maximum Gasteiger partial charge on any atom is 0.208 e. The monoisotopic (exact) mass is 182 g/mol. The molecule has 0 heterocycles. The fourth-order valence-electron chi connectivity index (χ4n) is 1.14. The maximum atomic E-state index is 11.0. The van der Waals surface area contributed by atoms with Crippen LogP contribution in [0.15, 0.2) is 0 Å². The predicted molar refractivity (Wildman–Crippen MR) is 47.7 cm³/mol. The second-order valence-corrected chi connectivity index (χ2v) is 2.92. The summed E-state index contributed by atoms with van der Waals surface area (Å²) in [5.74, 6) is -0.0625. The van der Waals surface area contributed by atoms with E-state index in [1.807, 2.05) is 13.0 Å². The number of carbonyl (C=O) groups excluding carboxylic acids is 2. The molecular weight excluding hydrogens is 168 g/mol. The van der Waals surface area contributed by atoms with E-state index in [1.54, 1.807) is 0 Å². The number of rotatable bonds is 6. The van der Waals surface area contributed by atoms with E-state index in [0.717, 1.165) is 0 Å². The Balaban J connectivity index is 4.12. The molecule has 1 N–H and O–H groups in total. The number of nitrogens with zero attached hydrogens (tertiary/aromatic N) is 1. The van der Waals surface area contributed by atoms with Crippen LogP contribution in [0.25, 0.3) is 0 Å². The first kappa shape index (κ1) is 11.6. The molecule has 0 aromatic carbocycles. The van der Waals surface area contributed by atoms with Gasteiger partial charge in [0.1, 0.15) is 11.8 Å². The normalized spacial score (nSPS) is 13.9. The maximum absolute atomic E-state index is 11.0. The van der Waals surface area contributed by atoms with Crippen LogP contribution >= 0.6 is 0 Å². The van der Waals surface area contributed by atoms with Crippen molar-refractivity contribution in [1.82, 2.24) is 5.32 Å². The lowest BCUT2D eigenvalue weighted by Gasteiger charge is -2.14. The van der Waals surface area contributed by atoms with Gasteiger partial charge in [0.2, 0.25) is 6.41 Å². The van der Waals surface area contributed by atoms with Crippen molar-refractivity contribution in [3.8, 4) is 6.07 Å². The lowest BCUT2D eigenvalue weighted by molar-refractivity contribution is -0.121. The van der Waals surface area contributed by atoms with E-state index in [0.29, 0.717) is 19.3 Å². The third kappa shape index (κ3) is 4.26. The average Bonchev–Trinajstić information content (AvgIpc) is 2.11. The first-order valence-electron chi connectivity index (χ1n) is 4.25. The highest BCUT2D eigenvalue weighted by Crippen LogP contribution is 2.11. The van der Waals surface area contributed by atoms with Crippen molar-refractivity contribution in [2.24, 2.45) is 5.92 Å². The molecule has 0 bridgehead atoms. The molecule has 1 amide bonds. The fraction of sp³-hybridized carbons (Fsp3) is 0.667. The Morgan fingerprint density at radius 1 is 1.69 bits per heavy atom. The fourth-order valence-corrected chi connectivity index (χ4v) is 1.14. The van der Waals surface area contributed by atoms with Crippen molar-refractivity contribution >= 4 is 12.2 Å². The lowest BCUT2D eigenvalue weighted by Crippen LogP contribution is -2.30. The van der Waals surface area contributed by atoms with E-state index in [1.165, 1.54) is 6.92 Å². The Labute approximate surface area is 77.9 Å². The number of carbonyl (C=O) groups is 2. The van der Waals surface area contributed by atoms with Crippen LogP contribution in [0.3, 0.4) is 0 Å². The van der Waals surface area contributed by atoms with Crippen LogP contribution in [0.5, 0.6) is 0 Å². The number of nitrogens with one attached hydrogen (secondary N) is 1. The van der Waals surface area contributed by atoms with Crippen LogP contribution in [-0.4, -0.2) is 18.2 Å². The van der Waals surface area contributed by atoms with Gasteiger partial charge in [-0.15, -0.1) is 0 Å². The minimum absolute atomic E-state index is 0.0652. The van der Waals surface area contributed by atoms with E-state index < -0.39 is 6.04 Å². The molecule has 0 aliphatic heterocycles. The van der Waals surface area contributed by atoms with Crippen molar-refractivity contribution in [1.29, 1.82) is 5.26 Å². The van der Waals surface area contributed by atoms with Gasteiger partial charge >= 0.3 is 0 Å². The van der Waals surface area contributed by atoms with Gasteiger partial charge in [-0.3, -0.25) is 9.59 Å². The Hall–Kier alpha value is -1.37. The van der Waals surface area contributed by atoms with Gasteiger partial charge in [-0.1, -0.05) is 6.92 Å². The summed E-state index contributed by atoms with van der Waals surface area (Å²) in [6.07, 6.45) is 1.59. The minimum Gasteiger partial charge on any atom is -0.343 e. The number of Topliss-reactive ketones (excluding diaryl/α,β-unsaturated/α-hetero) is 1. The van der Waals surface area contributed by atoms with Crippen LogP contribution in [-0.2, 0) is 9.59 Å². The number of nitriles is 1. The van der Waals surface area contributed by atoms with E-state index in [4.69, 9.17) is 5.26 Å². The Kier molecular flexibility index (Phi) is 5.53. The molecule has 0 aliphatic rings. The summed E-state index contributed by atoms with van der Waals surface area (Å²) in [6.45, 7) is 3.39. The summed E-state index contributed by atoms with van der Waals surface area (Å²) in [6, 6.07) is 1.38. The first-order chi connectivity index (χ1) is 6.15. The third-order valence-corrected chi connectivity index (χ3v) is 2.01. The highest BCUT2D eigenvalue weighted by atomic mass is 16.1. The van der Waals surface area contributed by atoms with Gasteiger partial charge < -0.3 is 5.32 Å². The second-order valence-electron chi connectivity index (χ2n) is 2.92. The molecule has 0 aliphatic carbocycles. The van der Waals surface area contributed by atoms with Gasteiger partial charge in [-0.2, -0.15) is 5.26 Å². The van der Waals surface area contributed by atoms with E-state index >= 15 is 0 Å². The summed E-state index contributed by atoms with van der Waals surface area (Å²) >= 11 is 0. The molecule has 0 saturated heterocycles. The molecular formula is C9H14N2O2. The minimum atomic E-state index is -0.550. The lowest BCUT2D eigenvalue weighted by atomic mass is 9.94. The zero-order valence-corrected chi connectivity index (χ0v) is 7.91. The molecule has 0 rings (SSSR count). The SMILES string of the molecule is CCC(CC(C#N)NC=O)C(C)=O. The van der Waals surface area contributed by atoms with Crippen LogP contribution in [0.2, 0.25) is 0 Å². The van der Waals surface area contributed by atoms with Gasteiger partial charge in [0.05, 0.1) is 6.07 Å². The molecule has 72 valence electrons. The van der Waals surface area contributed by atoms with Crippen LogP contribution in [0.1, 0.15) is 26.7 Å². The zero-order valence-electron chi connectivity index (χ0n) is 7.91. The van der Waals surface area contributed by atoms with Gasteiger partial charge in [0, 0.05) is 5.92 Å². The third-order valence-electron chi connectivity index (χ3n) is 2.01. The van der Waals surface area contributed by atoms with E-state index in [9.17, 15) is 9.59 Å². The zero-order chi connectivity index (χ0) is 10.3. The highest BCUT2D eigenvalue weighted by molar-refractivity contribution is 5.78. The molecule has 0 aromatic heterocycles. The van der Waals surface area contributed by atoms with Crippen molar-refractivity contribution in [2.75, 3.05) is 0 Å². The Morgan fingerprint density at radius 3 is 2.62 bits per heavy atom. The number of ketones is 1. The van der Waals surface area contributed by atoms with Crippen LogP contribution in [0, 0.1) is 17.2 Å². The average molecular weight is 182 g/mol. The van der Waals surface area contributed by atoms with Crippen LogP contribution in [0.4, 0.5) is 0 Å². The summed E-state index contributed by atoms with van der Waals surface area (Å²) in [7, 11) is 0. The number of hydrogen-bond donors (Lipinski definition) is 1. The summed E-state index contributed by atoms with van der Waals surface area (Å²) < 4.78 is 0. The Morgan fingerprint density at radius 2 is 2.31 bits per heavy atom. The van der Waals surface area contributed by atoms with Gasteiger partial charge in [-0.25, -0.2) is 0 Å². The topological polar surface area (TPSA) is 70.0 Å². The summed E-state index contributed by atoms with van der Waals surface area (Å²) in [4.78, 5) is 21.1. The quantitative estimate of drug-likeness (QED) is 0.612. The van der Waals surface area contributed by atoms with Crippen molar-refractivity contribution in [2.45, 2.75) is 32.7 Å². The summed E-state index contributed by atoms with van der Waals surface area (Å²) in [5, 5.41) is 11.0. The number of amides is 1. The van der Waals surface area contributed by atoms with E-state index in [-0.39, 0.29) is 11.7 Å². The van der Waals surface area contributed by atoms with Crippen molar-refractivity contribution in [3.05, 3.63) is 0 Å². The molecule has 0 aromatic rings. The summed E-state index contributed by atoms with van der Waals surface area (Å²) in [5.41, 5.74) is 0. The molecule has 4 nitrogen and oxygen atoms in total. The molecule has 13 heavy (non-hydrogen) atoms. The molecule has 0 radical (unpaired) electrons. The smallest absolute Gasteiger partial charge is 0.208 e. The standard InChI is InChI=1S/C9H14N2O2/c1-3-8(7(2)13)4-9(5-10)11-6-12/h6,8-9H,3-4H2,1-2H3,(H,11,12). The molecule has 0 fully saturated rings. The first-order valence-corrected chi connectivity index (χ1v) is 4.25. The highest BCUT2D eigenvalue weighted by Gasteiger charge is 2.17. The molecule has 4 heteroatoms. The van der Waals surface area contributed by atoms with E-state index in [2.05, 4.69) is 5.32 Å². The predicted octanol–water partition coefficient (Wildman–Crippen LogP) is 0.630. The van der Waals surface area contributed by atoms with Crippen molar-refractivity contribution in [3.63, 3.8) is 0 Å². The van der Waals surface area contributed by atoms with Crippen LogP contribution < -0.4 is 5.32 Å². The Bertz CT molecular complexity index is 220. The number of hydrogen-bond acceptors (Lipinski definition) is 3. The molecule has 2 atom stereocenters. The molecule has 0 saturated carbocycles. The largest absolute Gasteiger partial charge is 0.343 e. The van der Waals surface area contributed by atoms with Gasteiger partial charge in [0.15, 0.2) is 0 Å². The van der Waals surface area contributed by atoms with Crippen molar-refractivity contribution < 1.29 is 9.59 Å². The van der Waals surface area contributed by atoms with Gasteiger partial charge in [0.25, 0.3) is 0 Å².